The van der Waals surface area contributed by atoms with Crippen molar-refractivity contribution in [2.24, 2.45) is 0 Å². The molecule has 0 aliphatic heterocycles. The SMILES string of the molecule is COc1ccc(CN(C)C(=O)c2ccc(OCc3cn4cc(C)ccc4n3)cc2)cc1F. The monoisotopic (exact) mass is 433 g/mol. The zero-order chi connectivity index (χ0) is 22.7. The minimum atomic E-state index is -0.451. The number of ether oxygens (including phenoxy) is 2. The van der Waals surface area contributed by atoms with Gasteiger partial charge in [-0.25, -0.2) is 9.37 Å². The number of benzene rings is 2. The number of halogens is 1. The van der Waals surface area contributed by atoms with Gasteiger partial charge < -0.3 is 18.8 Å². The predicted octanol–water partition coefficient (Wildman–Crippen LogP) is 4.64. The lowest BCUT2D eigenvalue weighted by molar-refractivity contribution is 0.0785. The van der Waals surface area contributed by atoms with E-state index in [9.17, 15) is 9.18 Å². The van der Waals surface area contributed by atoms with E-state index < -0.39 is 5.82 Å². The molecule has 2 aromatic carbocycles. The summed E-state index contributed by atoms with van der Waals surface area (Å²) in [7, 11) is 3.10. The van der Waals surface area contributed by atoms with Gasteiger partial charge in [0.25, 0.3) is 5.91 Å². The second-order valence-corrected chi connectivity index (χ2v) is 7.65. The quantitative estimate of drug-likeness (QED) is 0.426. The average molecular weight is 433 g/mol. The summed E-state index contributed by atoms with van der Waals surface area (Å²) in [4.78, 5) is 18.8. The summed E-state index contributed by atoms with van der Waals surface area (Å²) < 4.78 is 26.6. The molecule has 0 aliphatic rings. The zero-order valence-electron chi connectivity index (χ0n) is 18.2. The summed E-state index contributed by atoms with van der Waals surface area (Å²) >= 11 is 0. The van der Waals surface area contributed by atoms with Crippen LogP contribution in [0.2, 0.25) is 0 Å². The molecule has 1 amide bonds. The van der Waals surface area contributed by atoms with E-state index >= 15 is 0 Å². The summed E-state index contributed by atoms with van der Waals surface area (Å²) in [6.07, 6.45) is 3.96. The number of hydrogen-bond donors (Lipinski definition) is 0. The molecule has 0 saturated carbocycles. The van der Waals surface area contributed by atoms with Gasteiger partial charge in [-0.05, 0) is 60.5 Å². The number of aromatic nitrogens is 2. The second kappa shape index (κ2) is 9.09. The molecule has 164 valence electrons. The molecule has 0 bridgehead atoms. The topological polar surface area (TPSA) is 56.1 Å². The van der Waals surface area contributed by atoms with Crippen molar-refractivity contribution in [1.29, 1.82) is 0 Å². The number of pyridine rings is 1. The van der Waals surface area contributed by atoms with Gasteiger partial charge in [0.05, 0.1) is 12.8 Å². The summed E-state index contributed by atoms with van der Waals surface area (Å²) in [6.45, 7) is 2.65. The molecule has 0 N–H and O–H groups in total. The number of fused-ring (bicyclic) bond motifs is 1. The lowest BCUT2D eigenvalue weighted by Gasteiger charge is -2.18. The maximum atomic E-state index is 13.9. The van der Waals surface area contributed by atoms with Crippen LogP contribution in [-0.2, 0) is 13.2 Å². The molecule has 6 nitrogen and oxygen atoms in total. The van der Waals surface area contributed by atoms with Gasteiger partial charge >= 0.3 is 0 Å². The highest BCUT2D eigenvalue weighted by molar-refractivity contribution is 5.94. The van der Waals surface area contributed by atoms with Gasteiger partial charge in [-0.1, -0.05) is 12.1 Å². The maximum Gasteiger partial charge on any atom is 0.253 e. The molecule has 32 heavy (non-hydrogen) atoms. The van der Waals surface area contributed by atoms with Crippen molar-refractivity contribution in [3.63, 3.8) is 0 Å². The third kappa shape index (κ3) is 4.72. The Morgan fingerprint density at radius 2 is 1.88 bits per heavy atom. The van der Waals surface area contributed by atoms with Gasteiger partial charge in [0.15, 0.2) is 11.6 Å². The molecule has 0 aliphatic carbocycles. The van der Waals surface area contributed by atoms with Gasteiger partial charge in [0.2, 0.25) is 0 Å². The van der Waals surface area contributed by atoms with Gasteiger partial charge in [-0.3, -0.25) is 4.79 Å². The van der Waals surface area contributed by atoms with Crippen molar-refractivity contribution < 1.29 is 18.7 Å². The molecule has 0 radical (unpaired) electrons. The molecule has 0 saturated heterocycles. The molecular weight excluding hydrogens is 409 g/mol. The number of imidazole rings is 1. The fraction of sp³-hybridized carbons (Fsp3) is 0.200. The van der Waals surface area contributed by atoms with Gasteiger partial charge in [0, 0.05) is 31.5 Å². The van der Waals surface area contributed by atoms with Crippen LogP contribution in [0.15, 0.2) is 67.0 Å². The maximum absolute atomic E-state index is 13.9. The van der Waals surface area contributed by atoms with Crippen molar-refractivity contribution in [3.05, 3.63) is 95.2 Å². The molecule has 7 heteroatoms. The predicted molar refractivity (Wildman–Crippen MR) is 119 cm³/mol. The Kier molecular flexibility index (Phi) is 6.07. The van der Waals surface area contributed by atoms with Gasteiger partial charge in [-0.15, -0.1) is 0 Å². The Morgan fingerprint density at radius 3 is 2.59 bits per heavy atom. The van der Waals surface area contributed by atoms with Crippen LogP contribution < -0.4 is 9.47 Å². The summed E-state index contributed by atoms with van der Waals surface area (Å²) in [5, 5.41) is 0. The normalized spacial score (nSPS) is 10.9. The minimum absolute atomic E-state index is 0.163. The molecule has 2 aromatic heterocycles. The van der Waals surface area contributed by atoms with E-state index in [2.05, 4.69) is 4.98 Å². The molecule has 0 atom stereocenters. The first-order chi connectivity index (χ1) is 15.4. The Balaban J connectivity index is 1.36. The Bertz CT molecular complexity index is 1250. The van der Waals surface area contributed by atoms with Crippen LogP contribution in [0, 0.1) is 12.7 Å². The molecule has 0 spiro atoms. The molecule has 4 rings (SSSR count). The smallest absolute Gasteiger partial charge is 0.253 e. The first-order valence-electron chi connectivity index (χ1n) is 10.2. The second-order valence-electron chi connectivity index (χ2n) is 7.65. The van der Waals surface area contributed by atoms with E-state index in [4.69, 9.17) is 9.47 Å². The number of methoxy groups -OCH3 is 1. The van der Waals surface area contributed by atoms with E-state index in [1.807, 2.05) is 35.9 Å². The highest BCUT2D eigenvalue weighted by Crippen LogP contribution is 2.20. The molecule has 0 fully saturated rings. The fourth-order valence-corrected chi connectivity index (χ4v) is 3.45. The Morgan fingerprint density at radius 1 is 1.09 bits per heavy atom. The van der Waals surface area contributed by atoms with Crippen LogP contribution in [0.5, 0.6) is 11.5 Å². The highest BCUT2D eigenvalue weighted by Gasteiger charge is 2.14. The van der Waals surface area contributed by atoms with Crippen LogP contribution in [0.4, 0.5) is 4.39 Å². The zero-order valence-corrected chi connectivity index (χ0v) is 18.2. The lowest BCUT2D eigenvalue weighted by atomic mass is 10.1. The minimum Gasteiger partial charge on any atom is -0.494 e. The molecule has 2 heterocycles. The van der Waals surface area contributed by atoms with Crippen molar-refractivity contribution in [2.75, 3.05) is 14.2 Å². The first kappa shape index (κ1) is 21.4. The summed E-state index contributed by atoms with van der Waals surface area (Å²) in [5.74, 6) is 0.211. The number of nitrogens with zero attached hydrogens (tertiary/aromatic N) is 3. The number of carbonyl (C=O) groups excluding carboxylic acids is 1. The largest absolute Gasteiger partial charge is 0.494 e. The van der Waals surface area contributed by atoms with E-state index in [0.29, 0.717) is 23.5 Å². The van der Waals surface area contributed by atoms with Crippen LogP contribution in [0.3, 0.4) is 0 Å². The van der Waals surface area contributed by atoms with E-state index in [-0.39, 0.29) is 18.2 Å². The lowest BCUT2D eigenvalue weighted by Crippen LogP contribution is -2.26. The van der Waals surface area contributed by atoms with E-state index in [1.165, 1.54) is 18.1 Å². The van der Waals surface area contributed by atoms with Gasteiger partial charge in [0.1, 0.15) is 18.0 Å². The number of aryl methyl sites for hydroxylation is 1. The van der Waals surface area contributed by atoms with Gasteiger partial charge in [-0.2, -0.15) is 0 Å². The van der Waals surface area contributed by atoms with Crippen LogP contribution in [-0.4, -0.2) is 34.3 Å². The van der Waals surface area contributed by atoms with E-state index in [0.717, 1.165) is 16.9 Å². The third-order valence-corrected chi connectivity index (χ3v) is 5.12. The number of carbonyl (C=O) groups is 1. The Hall–Kier alpha value is -3.87. The van der Waals surface area contributed by atoms with E-state index in [1.54, 1.807) is 43.4 Å². The average Bonchev–Trinajstić information content (AvgIpc) is 3.19. The van der Waals surface area contributed by atoms with Crippen LogP contribution in [0.1, 0.15) is 27.2 Å². The van der Waals surface area contributed by atoms with Crippen LogP contribution in [0.25, 0.3) is 5.65 Å². The van der Waals surface area contributed by atoms with Crippen molar-refractivity contribution in [1.82, 2.24) is 14.3 Å². The Labute approximate surface area is 185 Å². The summed E-state index contributed by atoms with van der Waals surface area (Å²) in [6, 6.07) is 15.6. The van der Waals surface area contributed by atoms with Crippen molar-refractivity contribution >= 4 is 11.6 Å². The fourth-order valence-electron chi connectivity index (χ4n) is 3.45. The number of hydrogen-bond acceptors (Lipinski definition) is 4. The standard InChI is InChI=1S/C25H24FN3O3/c1-17-4-11-24-27-20(15-29(24)13-17)16-32-21-8-6-19(7-9-21)25(30)28(2)14-18-5-10-23(31-3)22(26)12-18/h4-13,15H,14,16H2,1-3H3. The van der Waals surface area contributed by atoms with Crippen LogP contribution >= 0.6 is 0 Å². The number of rotatable bonds is 7. The van der Waals surface area contributed by atoms with Crippen molar-refractivity contribution in [3.8, 4) is 11.5 Å². The first-order valence-corrected chi connectivity index (χ1v) is 10.2. The highest BCUT2D eigenvalue weighted by atomic mass is 19.1. The molecule has 0 unspecified atom stereocenters. The summed E-state index contributed by atoms with van der Waals surface area (Å²) in [5.41, 5.74) is 4.06. The number of amides is 1. The third-order valence-electron chi connectivity index (χ3n) is 5.12. The van der Waals surface area contributed by atoms with Crippen molar-refractivity contribution in [2.45, 2.75) is 20.1 Å². The molecule has 4 aromatic rings. The molecular formula is C25H24FN3O3.